The quantitative estimate of drug-likeness (QED) is 0.822. The number of hydrogen-bond donors (Lipinski definition) is 1. The second-order valence-corrected chi connectivity index (χ2v) is 4.26. The summed E-state index contributed by atoms with van der Waals surface area (Å²) in [6, 6.07) is 6.49. The molecule has 1 fully saturated rings. The van der Waals surface area contributed by atoms with Crippen molar-refractivity contribution >= 4 is 0 Å². The summed E-state index contributed by atoms with van der Waals surface area (Å²) in [5.74, 6) is 0.695. The zero-order valence-corrected chi connectivity index (χ0v) is 9.94. The van der Waals surface area contributed by atoms with E-state index in [1.165, 1.54) is 0 Å². The third-order valence-electron chi connectivity index (χ3n) is 2.83. The fraction of sp³-hybridized carbons (Fsp3) is 0.583. The summed E-state index contributed by atoms with van der Waals surface area (Å²) in [6.45, 7) is 6.35. The van der Waals surface area contributed by atoms with Crippen molar-refractivity contribution in [3.8, 4) is 5.88 Å². The average molecular weight is 221 g/mol. The summed E-state index contributed by atoms with van der Waals surface area (Å²) in [7, 11) is 1.65. The van der Waals surface area contributed by atoms with Crippen LogP contribution in [-0.2, 0) is 6.54 Å². The lowest BCUT2D eigenvalue weighted by Crippen LogP contribution is -2.48. The molecule has 0 radical (unpaired) electrons. The Morgan fingerprint density at radius 3 is 3.19 bits per heavy atom. The number of nitrogens with zero attached hydrogens (tertiary/aromatic N) is 2. The Morgan fingerprint density at radius 2 is 2.44 bits per heavy atom. The molecule has 2 heterocycles. The number of hydrogen-bond acceptors (Lipinski definition) is 4. The SMILES string of the molecule is COc1cccc(CN2CCNC(C)C2)n1. The summed E-state index contributed by atoms with van der Waals surface area (Å²) in [4.78, 5) is 6.85. The second kappa shape index (κ2) is 5.27. The largest absolute Gasteiger partial charge is 0.481 e. The van der Waals surface area contributed by atoms with Gasteiger partial charge in [-0.2, -0.15) is 0 Å². The summed E-state index contributed by atoms with van der Waals surface area (Å²) < 4.78 is 5.12. The van der Waals surface area contributed by atoms with Gasteiger partial charge in [-0.1, -0.05) is 6.07 Å². The van der Waals surface area contributed by atoms with E-state index in [-0.39, 0.29) is 0 Å². The summed E-state index contributed by atoms with van der Waals surface area (Å²) in [5, 5.41) is 3.43. The van der Waals surface area contributed by atoms with Gasteiger partial charge >= 0.3 is 0 Å². The van der Waals surface area contributed by atoms with Gasteiger partial charge in [0.15, 0.2) is 0 Å². The van der Waals surface area contributed by atoms with Gasteiger partial charge in [0, 0.05) is 38.3 Å². The molecule has 0 aliphatic carbocycles. The smallest absolute Gasteiger partial charge is 0.213 e. The van der Waals surface area contributed by atoms with Crippen LogP contribution >= 0.6 is 0 Å². The molecular formula is C12H19N3O. The molecule has 1 N–H and O–H groups in total. The molecule has 1 atom stereocenters. The zero-order valence-electron chi connectivity index (χ0n) is 9.94. The molecule has 1 aromatic rings. The Labute approximate surface area is 96.6 Å². The van der Waals surface area contributed by atoms with Crippen LogP contribution in [0.2, 0.25) is 0 Å². The molecule has 88 valence electrons. The van der Waals surface area contributed by atoms with Gasteiger partial charge in [-0.25, -0.2) is 4.98 Å². The van der Waals surface area contributed by atoms with Crippen LogP contribution in [0.3, 0.4) is 0 Å². The van der Waals surface area contributed by atoms with Crippen molar-refractivity contribution in [2.24, 2.45) is 0 Å². The fourth-order valence-corrected chi connectivity index (χ4v) is 2.04. The molecule has 1 saturated heterocycles. The summed E-state index contributed by atoms with van der Waals surface area (Å²) >= 11 is 0. The topological polar surface area (TPSA) is 37.4 Å². The van der Waals surface area contributed by atoms with Crippen molar-refractivity contribution in [1.82, 2.24) is 15.2 Å². The lowest BCUT2D eigenvalue weighted by atomic mass is 10.2. The van der Waals surface area contributed by atoms with Crippen molar-refractivity contribution in [2.75, 3.05) is 26.7 Å². The Kier molecular flexibility index (Phi) is 3.74. The maximum atomic E-state index is 5.12. The minimum absolute atomic E-state index is 0.569. The molecule has 1 aromatic heterocycles. The Bertz CT molecular complexity index is 343. The molecule has 0 bridgehead atoms. The molecule has 1 unspecified atom stereocenters. The third kappa shape index (κ3) is 2.93. The highest BCUT2D eigenvalue weighted by Crippen LogP contribution is 2.10. The molecule has 0 saturated carbocycles. The van der Waals surface area contributed by atoms with E-state index in [9.17, 15) is 0 Å². The van der Waals surface area contributed by atoms with Gasteiger partial charge in [0.05, 0.1) is 12.8 Å². The van der Waals surface area contributed by atoms with Crippen LogP contribution in [0.5, 0.6) is 5.88 Å². The number of pyridine rings is 1. The lowest BCUT2D eigenvalue weighted by Gasteiger charge is -2.31. The number of piperazine rings is 1. The van der Waals surface area contributed by atoms with Crippen LogP contribution in [0.15, 0.2) is 18.2 Å². The van der Waals surface area contributed by atoms with Gasteiger partial charge in [-0.3, -0.25) is 4.90 Å². The molecule has 16 heavy (non-hydrogen) atoms. The Hall–Kier alpha value is -1.13. The molecule has 1 aliphatic heterocycles. The predicted molar refractivity (Wildman–Crippen MR) is 63.5 cm³/mol. The average Bonchev–Trinajstić information content (AvgIpc) is 2.29. The molecule has 2 rings (SSSR count). The molecule has 0 spiro atoms. The normalized spacial score (nSPS) is 22.0. The highest BCUT2D eigenvalue weighted by Gasteiger charge is 2.15. The van der Waals surface area contributed by atoms with Crippen molar-refractivity contribution in [3.05, 3.63) is 23.9 Å². The van der Waals surface area contributed by atoms with Crippen LogP contribution in [0.4, 0.5) is 0 Å². The van der Waals surface area contributed by atoms with E-state index in [0.717, 1.165) is 31.9 Å². The molecule has 4 heteroatoms. The predicted octanol–water partition coefficient (Wildman–Crippen LogP) is 0.884. The highest BCUT2D eigenvalue weighted by molar-refractivity contribution is 5.15. The first kappa shape index (κ1) is 11.4. The zero-order chi connectivity index (χ0) is 11.4. The standard InChI is InChI=1S/C12H19N3O/c1-10-8-15(7-6-13-10)9-11-4-3-5-12(14-11)16-2/h3-5,10,13H,6-9H2,1-2H3. The van der Waals surface area contributed by atoms with E-state index >= 15 is 0 Å². The maximum absolute atomic E-state index is 5.12. The van der Waals surface area contributed by atoms with Crippen LogP contribution in [-0.4, -0.2) is 42.7 Å². The van der Waals surface area contributed by atoms with E-state index in [0.29, 0.717) is 11.9 Å². The Balaban J connectivity index is 1.97. The van der Waals surface area contributed by atoms with Crippen molar-refractivity contribution in [2.45, 2.75) is 19.5 Å². The van der Waals surface area contributed by atoms with Gasteiger partial charge in [-0.05, 0) is 13.0 Å². The van der Waals surface area contributed by atoms with E-state index in [1.54, 1.807) is 7.11 Å². The van der Waals surface area contributed by atoms with E-state index in [1.807, 2.05) is 12.1 Å². The first-order chi connectivity index (χ1) is 7.78. The first-order valence-electron chi connectivity index (χ1n) is 5.73. The first-order valence-corrected chi connectivity index (χ1v) is 5.73. The number of aromatic nitrogens is 1. The minimum atomic E-state index is 0.569. The van der Waals surface area contributed by atoms with Crippen LogP contribution in [0.25, 0.3) is 0 Å². The van der Waals surface area contributed by atoms with Crippen molar-refractivity contribution < 1.29 is 4.74 Å². The fourth-order valence-electron chi connectivity index (χ4n) is 2.04. The monoisotopic (exact) mass is 221 g/mol. The summed E-state index contributed by atoms with van der Waals surface area (Å²) in [6.07, 6.45) is 0. The van der Waals surface area contributed by atoms with Crippen molar-refractivity contribution in [1.29, 1.82) is 0 Å². The number of nitrogens with one attached hydrogen (secondary N) is 1. The second-order valence-electron chi connectivity index (χ2n) is 4.26. The Morgan fingerprint density at radius 1 is 1.56 bits per heavy atom. The van der Waals surface area contributed by atoms with Gasteiger partial charge in [0.2, 0.25) is 5.88 Å². The van der Waals surface area contributed by atoms with E-state index < -0.39 is 0 Å². The highest BCUT2D eigenvalue weighted by atomic mass is 16.5. The molecule has 0 aromatic carbocycles. The number of rotatable bonds is 3. The maximum Gasteiger partial charge on any atom is 0.213 e. The van der Waals surface area contributed by atoms with Gasteiger partial charge in [0.25, 0.3) is 0 Å². The van der Waals surface area contributed by atoms with E-state index in [2.05, 4.69) is 28.2 Å². The van der Waals surface area contributed by atoms with Crippen LogP contribution < -0.4 is 10.1 Å². The molecular weight excluding hydrogens is 202 g/mol. The lowest BCUT2D eigenvalue weighted by molar-refractivity contribution is 0.197. The number of methoxy groups -OCH3 is 1. The third-order valence-corrected chi connectivity index (χ3v) is 2.83. The molecule has 4 nitrogen and oxygen atoms in total. The number of ether oxygens (including phenoxy) is 1. The van der Waals surface area contributed by atoms with Gasteiger partial charge in [0.1, 0.15) is 0 Å². The minimum Gasteiger partial charge on any atom is -0.481 e. The van der Waals surface area contributed by atoms with Gasteiger partial charge in [-0.15, -0.1) is 0 Å². The molecule has 1 aliphatic rings. The van der Waals surface area contributed by atoms with Gasteiger partial charge < -0.3 is 10.1 Å². The van der Waals surface area contributed by atoms with E-state index in [4.69, 9.17) is 4.74 Å². The van der Waals surface area contributed by atoms with Crippen LogP contribution in [0, 0.1) is 0 Å². The molecule has 0 amide bonds. The van der Waals surface area contributed by atoms with Crippen molar-refractivity contribution in [3.63, 3.8) is 0 Å². The van der Waals surface area contributed by atoms with Crippen LogP contribution in [0.1, 0.15) is 12.6 Å². The summed E-state index contributed by atoms with van der Waals surface area (Å²) in [5.41, 5.74) is 1.08.